The Morgan fingerprint density at radius 3 is 2.43 bits per heavy atom. The van der Waals surface area contributed by atoms with E-state index in [0.717, 1.165) is 23.9 Å². The summed E-state index contributed by atoms with van der Waals surface area (Å²) in [6.45, 7) is 5.42. The van der Waals surface area contributed by atoms with E-state index in [0.29, 0.717) is 11.4 Å². The number of thioether (sulfide) groups is 1. The maximum Gasteiger partial charge on any atom is 0.233 e. The van der Waals surface area contributed by atoms with Gasteiger partial charge in [-0.15, -0.1) is 11.8 Å². The van der Waals surface area contributed by atoms with Crippen LogP contribution < -0.4 is 0 Å². The molecule has 4 nitrogen and oxygen atoms in total. The monoisotopic (exact) mass is 365 g/mol. The highest BCUT2D eigenvalue weighted by atomic mass is 32.2. The second-order valence-electron chi connectivity index (χ2n) is 5.09. The zero-order chi connectivity index (χ0) is 17.6. The maximum absolute atomic E-state index is 13.1. The molecule has 1 rings (SSSR count). The Kier molecular flexibility index (Phi) is 7.47. The van der Waals surface area contributed by atoms with Gasteiger partial charge >= 0.3 is 0 Å². The highest BCUT2D eigenvalue weighted by Gasteiger charge is 2.23. The lowest BCUT2D eigenvalue weighted by molar-refractivity contribution is -0.129. The molecule has 0 aromatic heterocycles. The SMILES string of the molecule is CCN(C(=O)CSc1ccc(F)c(F)c1)C(C)CS(=O)(=O)CC. The number of carbonyl (C=O) groups excluding carboxylic acids is 1. The topological polar surface area (TPSA) is 54.5 Å². The number of sulfone groups is 1. The van der Waals surface area contributed by atoms with Gasteiger partial charge in [-0.1, -0.05) is 6.92 Å². The van der Waals surface area contributed by atoms with Crippen LogP contribution in [-0.4, -0.2) is 49.1 Å². The third-order valence-electron chi connectivity index (χ3n) is 3.38. The largest absolute Gasteiger partial charge is 0.339 e. The van der Waals surface area contributed by atoms with Crippen LogP contribution in [0.2, 0.25) is 0 Å². The van der Waals surface area contributed by atoms with Gasteiger partial charge in [-0.2, -0.15) is 0 Å². The molecule has 0 spiro atoms. The smallest absolute Gasteiger partial charge is 0.233 e. The van der Waals surface area contributed by atoms with Gasteiger partial charge in [-0.25, -0.2) is 17.2 Å². The average Bonchev–Trinajstić information content (AvgIpc) is 2.48. The van der Waals surface area contributed by atoms with E-state index < -0.39 is 27.5 Å². The molecular formula is C15H21F2NO3S2. The van der Waals surface area contributed by atoms with Crippen LogP contribution in [-0.2, 0) is 14.6 Å². The molecule has 1 amide bonds. The van der Waals surface area contributed by atoms with E-state index in [9.17, 15) is 22.0 Å². The first kappa shape index (κ1) is 19.9. The molecule has 0 aliphatic heterocycles. The summed E-state index contributed by atoms with van der Waals surface area (Å²) in [6.07, 6.45) is 0. The van der Waals surface area contributed by atoms with Crippen molar-refractivity contribution in [1.29, 1.82) is 0 Å². The van der Waals surface area contributed by atoms with Crippen molar-refractivity contribution in [3.05, 3.63) is 29.8 Å². The Hall–Kier alpha value is -1.15. The molecule has 1 atom stereocenters. The molecule has 0 heterocycles. The van der Waals surface area contributed by atoms with Gasteiger partial charge < -0.3 is 4.90 Å². The molecule has 1 aromatic carbocycles. The zero-order valence-electron chi connectivity index (χ0n) is 13.4. The summed E-state index contributed by atoms with van der Waals surface area (Å²) in [7, 11) is -3.18. The molecule has 8 heteroatoms. The normalized spacial score (nSPS) is 12.9. The molecule has 0 bridgehead atoms. The van der Waals surface area contributed by atoms with Crippen LogP contribution in [0, 0.1) is 11.6 Å². The molecular weight excluding hydrogens is 344 g/mol. The molecule has 130 valence electrons. The van der Waals surface area contributed by atoms with Crippen LogP contribution in [0.25, 0.3) is 0 Å². The van der Waals surface area contributed by atoms with Gasteiger partial charge in [-0.05, 0) is 32.0 Å². The third kappa shape index (κ3) is 6.10. The van der Waals surface area contributed by atoms with Gasteiger partial charge in [0, 0.05) is 23.2 Å². The lowest BCUT2D eigenvalue weighted by atomic mass is 10.3. The fourth-order valence-electron chi connectivity index (χ4n) is 2.10. The number of rotatable bonds is 8. The molecule has 0 radical (unpaired) electrons. The molecule has 0 saturated heterocycles. The number of carbonyl (C=O) groups is 1. The molecule has 0 saturated carbocycles. The maximum atomic E-state index is 13.1. The minimum absolute atomic E-state index is 0.0344. The number of halogens is 2. The Labute approximate surface area is 140 Å². The van der Waals surface area contributed by atoms with Gasteiger partial charge in [0.05, 0.1) is 11.5 Å². The molecule has 1 aromatic rings. The predicted molar refractivity (Wildman–Crippen MR) is 88.3 cm³/mol. The highest BCUT2D eigenvalue weighted by molar-refractivity contribution is 8.00. The van der Waals surface area contributed by atoms with Crippen LogP contribution in [0.1, 0.15) is 20.8 Å². The van der Waals surface area contributed by atoms with E-state index in [2.05, 4.69) is 0 Å². The first-order valence-electron chi connectivity index (χ1n) is 7.28. The lowest BCUT2D eigenvalue weighted by Gasteiger charge is -2.27. The Morgan fingerprint density at radius 1 is 1.26 bits per heavy atom. The predicted octanol–water partition coefficient (Wildman–Crippen LogP) is 2.73. The Bertz CT molecular complexity index is 650. The van der Waals surface area contributed by atoms with Crippen LogP contribution >= 0.6 is 11.8 Å². The number of nitrogens with zero attached hydrogens (tertiary/aromatic N) is 1. The van der Waals surface area contributed by atoms with Crippen LogP contribution in [0.15, 0.2) is 23.1 Å². The van der Waals surface area contributed by atoms with E-state index in [1.54, 1.807) is 20.8 Å². The number of hydrogen-bond acceptors (Lipinski definition) is 4. The summed E-state index contributed by atoms with van der Waals surface area (Å²) in [6, 6.07) is 3.02. The fraction of sp³-hybridized carbons (Fsp3) is 0.533. The van der Waals surface area contributed by atoms with Gasteiger partial charge in [0.2, 0.25) is 5.91 Å². The van der Waals surface area contributed by atoms with Crippen molar-refractivity contribution in [2.45, 2.75) is 31.7 Å². The summed E-state index contributed by atoms with van der Waals surface area (Å²) in [5, 5.41) is 0. The molecule has 0 N–H and O–H groups in total. The number of hydrogen-bond donors (Lipinski definition) is 0. The third-order valence-corrected chi connectivity index (χ3v) is 6.23. The minimum Gasteiger partial charge on any atom is -0.339 e. The van der Waals surface area contributed by atoms with E-state index in [1.807, 2.05) is 0 Å². The summed E-state index contributed by atoms with van der Waals surface area (Å²) < 4.78 is 49.4. The lowest BCUT2D eigenvalue weighted by Crippen LogP contribution is -2.43. The van der Waals surface area contributed by atoms with Crippen molar-refractivity contribution in [3.63, 3.8) is 0 Å². The van der Waals surface area contributed by atoms with Gasteiger partial charge in [-0.3, -0.25) is 4.79 Å². The second-order valence-corrected chi connectivity index (χ2v) is 8.54. The summed E-state index contributed by atoms with van der Waals surface area (Å²) >= 11 is 1.09. The number of benzene rings is 1. The van der Waals surface area contributed by atoms with Crippen molar-refractivity contribution >= 4 is 27.5 Å². The molecule has 0 aliphatic carbocycles. The minimum atomic E-state index is -3.18. The van der Waals surface area contributed by atoms with E-state index in [-0.39, 0.29) is 23.2 Å². The van der Waals surface area contributed by atoms with Crippen LogP contribution in [0.4, 0.5) is 8.78 Å². The quantitative estimate of drug-likeness (QED) is 0.665. The van der Waals surface area contributed by atoms with Crippen LogP contribution in [0.3, 0.4) is 0 Å². The van der Waals surface area contributed by atoms with Gasteiger partial charge in [0.1, 0.15) is 0 Å². The fourth-order valence-corrected chi connectivity index (χ4v) is 4.06. The van der Waals surface area contributed by atoms with E-state index in [4.69, 9.17) is 0 Å². The van der Waals surface area contributed by atoms with E-state index >= 15 is 0 Å². The molecule has 1 unspecified atom stereocenters. The highest BCUT2D eigenvalue weighted by Crippen LogP contribution is 2.21. The summed E-state index contributed by atoms with van der Waals surface area (Å²) in [5.41, 5.74) is 0. The van der Waals surface area contributed by atoms with Gasteiger partial charge in [0.25, 0.3) is 0 Å². The standard InChI is InChI=1S/C15H21F2NO3S2/c1-4-18(11(3)10-23(20,21)5-2)15(19)9-22-12-6-7-13(16)14(17)8-12/h6-8,11H,4-5,9-10H2,1-3H3. The second kappa shape index (κ2) is 8.63. The molecule has 0 fully saturated rings. The van der Waals surface area contributed by atoms with E-state index in [1.165, 1.54) is 11.0 Å². The Balaban J connectivity index is 2.68. The zero-order valence-corrected chi connectivity index (χ0v) is 15.0. The summed E-state index contributed by atoms with van der Waals surface area (Å²) in [4.78, 5) is 14.2. The first-order chi connectivity index (χ1) is 10.7. The van der Waals surface area contributed by atoms with Crippen molar-refractivity contribution in [3.8, 4) is 0 Å². The van der Waals surface area contributed by atoms with Gasteiger partial charge in [0.15, 0.2) is 21.5 Å². The summed E-state index contributed by atoms with van der Waals surface area (Å²) in [5.74, 6) is -2.14. The molecule has 0 aliphatic rings. The van der Waals surface area contributed by atoms with Crippen molar-refractivity contribution in [2.75, 3.05) is 23.8 Å². The van der Waals surface area contributed by atoms with Crippen molar-refractivity contribution < 1.29 is 22.0 Å². The van der Waals surface area contributed by atoms with Crippen molar-refractivity contribution in [1.82, 2.24) is 4.90 Å². The van der Waals surface area contributed by atoms with Crippen molar-refractivity contribution in [2.24, 2.45) is 0 Å². The molecule has 23 heavy (non-hydrogen) atoms. The Morgan fingerprint density at radius 2 is 1.91 bits per heavy atom. The average molecular weight is 365 g/mol. The number of amides is 1. The first-order valence-corrected chi connectivity index (χ1v) is 10.1. The van der Waals surface area contributed by atoms with Crippen LogP contribution in [0.5, 0.6) is 0 Å².